The minimum absolute atomic E-state index is 0.0971. The van der Waals surface area contributed by atoms with Gasteiger partial charge in [-0.3, -0.25) is 0 Å². The van der Waals surface area contributed by atoms with Gasteiger partial charge in [-0.25, -0.2) is 4.98 Å². The molecule has 96 valence electrons. The average Bonchev–Trinajstić information content (AvgIpc) is 2.78. The van der Waals surface area contributed by atoms with E-state index in [1.807, 2.05) is 24.3 Å². The maximum atomic E-state index is 12.6. The number of benzene rings is 2. The molecule has 5 heteroatoms. The fraction of sp³-hybridized carbons (Fsp3) is 0.0714. The van der Waals surface area contributed by atoms with Crippen molar-refractivity contribution >= 4 is 29.3 Å². The van der Waals surface area contributed by atoms with Gasteiger partial charge in [-0.1, -0.05) is 42.5 Å². The summed E-state index contributed by atoms with van der Waals surface area (Å²) in [6, 6.07) is 15.8. The fourth-order valence-electron chi connectivity index (χ4n) is 2.14. The largest absolute Gasteiger partial charge is 0.790 e. The molecule has 1 unspecified atom stereocenters. The van der Waals surface area contributed by atoms with E-state index in [1.165, 1.54) is 0 Å². The van der Waals surface area contributed by atoms with E-state index in [0.29, 0.717) is 5.52 Å². The molecule has 3 rings (SSSR count). The highest BCUT2D eigenvalue weighted by Gasteiger charge is 2.20. The Bertz CT molecular complexity index is 781. The van der Waals surface area contributed by atoms with Crippen molar-refractivity contribution in [2.24, 2.45) is 7.05 Å². The molecular formula is C14H12N2O2P-. The van der Waals surface area contributed by atoms with E-state index in [4.69, 9.17) is 0 Å². The summed E-state index contributed by atoms with van der Waals surface area (Å²) >= 11 is 0. The van der Waals surface area contributed by atoms with Crippen LogP contribution in [0.5, 0.6) is 0 Å². The number of hydrogen-bond acceptors (Lipinski definition) is 3. The Hall–Kier alpha value is -1.90. The third-order valence-corrected chi connectivity index (χ3v) is 5.03. The summed E-state index contributed by atoms with van der Waals surface area (Å²) in [4.78, 5) is 16.8. The first kappa shape index (κ1) is 12.2. The normalized spacial score (nSPS) is 14.4. The van der Waals surface area contributed by atoms with Crippen LogP contribution < -0.4 is 15.8 Å². The maximum Gasteiger partial charge on any atom is 0.160 e. The van der Waals surface area contributed by atoms with Gasteiger partial charge in [0.25, 0.3) is 0 Å². The summed E-state index contributed by atoms with van der Waals surface area (Å²) < 4.78 is 14.2. The minimum atomic E-state index is -3.91. The lowest BCUT2D eigenvalue weighted by Gasteiger charge is -2.22. The van der Waals surface area contributed by atoms with E-state index >= 15 is 0 Å². The zero-order valence-corrected chi connectivity index (χ0v) is 11.2. The summed E-state index contributed by atoms with van der Waals surface area (Å²) in [5.74, 6) is 0. The molecule has 0 radical (unpaired) electrons. The lowest BCUT2D eigenvalue weighted by molar-refractivity contribution is -0.167. The summed E-state index contributed by atoms with van der Waals surface area (Å²) in [7, 11) is -2.19. The van der Waals surface area contributed by atoms with Crippen LogP contribution in [-0.2, 0) is 11.6 Å². The third kappa shape index (κ3) is 1.89. The van der Waals surface area contributed by atoms with Gasteiger partial charge >= 0.3 is 0 Å². The van der Waals surface area contributed by atoms with E-state index in [9.17, 15) is 9.46 Å². The molecule has 0 amide bonds. The molecule has 19 heavy (non-hydrogen) atoms. The van der Waals surface area contributed by atoms with E-state index < -0.39 is 7.37 Å². The van der Waals surface area contributed by atoms with Crippen LogP contribution in [-0.4, -0.2) is 9.55 Å². The van der Waals surface area contributed by atoms with Gasteiger partial charge in [0.05, 0.1) is 11.0 Å². The first-order valence-electron chi connectivity index (χ1n) is 5.89. The number of nitrogens with zero attached hydrogens (tertiary/aromatic N) is 2. The molecule has 0 fully saturated rings. The van der Waals surface area contributed by atoms with E-state index in [2.05, 4.69) is 4.98 Å². The van der Waals surface area contributed by atoms with Crippen LogP contribution in [0, 0.1) is 0 Å². The molecule has 4 nitrogen and oxygen atoms in total. The number of aromatic nitrogens is 2. The van der Waals surface area contributed by atoms with Gasteiger partial charge < -0.3 is 14.0 Å². The Kier molecular flexibility index (Phi) is 2.77. The van der Waals surface area contributed by atoms with Crippen LogP contribution in [0.1, 0.15) is 0 Å². The standard InChI is InChI=1S/C14H13N2O2P/c1-16-13-10-6-5-9-12(13)15-14(16)19(17,18)11-7-3-2-4-8-11/h2-10H,1H3,(H,17,18)/p-1. The smallest absolute Gasteiger partial charge is 0.160 e. The molecule has 0 spiro atoms. The molecule has 0 saturated heterocycles. The molecule has 1 atom stereocenters. The molecule has 0 saturated carbocycles. The zero-order chi connectivity index (χ0) is 13.5. The molecule has 3 aromatic rings. The lowest BCUT2D eigenvalue weighted by Crippen LogP contribution is -2.30. The van der Waals surface area contributed by atoms with E-state index in [-0.39, 0.29) is 10.9 Å². The molecule has 0 aliphatic rings. The number of fused-ring (bicyclic) bond motifs is 1. The third-order valence-electron chi connectivity index (χ3n) is 3.12. The number of rotatable bonds is 2. The first-order chi connectivity index (χ1) is 9.10. The van der Waals surface area contributed by atoms with Crippen molar-refractivity contribution < 1.29 is 9.46 Å². The Labute approximate surface area is 110 Å². The predicted octanol–water partition coefficient (Wildman–Crippen LogP) is 1.16. The van der Waals surface area contributed by atoms with Crippen LogP contribution >= 0.6 is 7.37 Å². The van der Waals surface area contributed by atoms with Gasteiger partial charge in [0.2, 0.25) is 0 Å². The zero-order valence-electron chi connectivity index (χ0n) is 10.4. The molecule has 1 heterocycles. The second kappa shape index (κ2) is 4.34. The van der Waals surface area contributed by atoms with E-state index in [0.717, 1.165) is 5.52 Å². The highest BCUT2D eigenvalue weighted by Crippen LogP contribution is 2.33. The second-order valence-electron chi connectivity index (χ2n) is 4.35. The summed E-state index contributed by atoms with van der Waals surface area (Å²) in [6.45, 7) is 0. The van der Waals surface area contributed by atoms with Gasteiger partial charge in [-0.05, 0) is 12.1 Å². The highest BCUT2D eigenvalue weighted by molar-refractivity contribution is 7.71. The quantitative estimate of drug-likeness (QED) is 0.657. The minimum Gasteiger partial charge on any atom is -0.790 e. The van der Waals surface area contributed by atoms with Gasteiger partial charge in [-0.2, -0.15) is 0 Å². The van der Waals surface area contributed by atoms with Crippen molar-refractivity contribution in [3.63, 3.8) is 0 Å². The summed E-state index contributed by atoms with van der Waals surface area (Å²) in [5.41, 5.74) is 1.59. The Morgan fingerprint density at radius 3 is 2.37 bits per heavy atom. The predicted molar refractivity (Wildman–Crippen MR) is 74.0 cm³/mol. The Balaban J connectivity index is 2.24. The summed E-state index contributed by atoms with van der Waals surface area (Å²) in [5, 5.41) is 0.286. The molecular weight excluding hydrogens is 259 g/mol. The van der Waals surface area contributed by atoms with Crippen molar-refractivity contribution in [1.82, 2.24) is 9.55 Å². The van der Waals surface area contributed by atoms with Crippen molar-refractivity contribution in [2.45, 2.75) is 0 Å². The van der Waals surface area contributed by atoms with Gasteiger partial charge in [0.15, 0.2) is 5.57 Å². The number of imidazole rings is 1. The van der Waals surface area contributed by atoms with Crippen molar-refractivity contribution in [1.29, 1.82) is 0 Å². The lowest BCUT2D eigenvalue weighted by atomic mass is 10.3. The Morgan fingerprint density at radius 1 is 1.05 bits per heavy atom. The monoisotopic (exact) mass is 271 g/mol. The number of para-hydroxylation sites is 2. The SMILES string of the molecule is Cn1c(P(=O)([O-])c2ccccc2)nc2ccccc21. The molecule has 2 aromatic carbocycles. The van der Waals surface area contributed by atoms with Crippen LogP contribution in [0.25, 0.3) is 11.0 Å². The molecule has 0 bridgehead atoms. The maximum absolute atomic E-state index is 12.6. The van der Waals surface area contributed by atoms with Crippen LogP contribution in [0.2, 0.25) is 0 Å². The van der Waals surface area contributed by atoms with Crippen LogP contribution in [0.15, 0.2) is 54.6 Å². The summed E-state index contributed by atoms with van der Waals surface area (Å²) in [6.07, 6.45) is 0. The van der Waals surface area contributed by atoms with Crippen molar-refractivity contribution in [3.05, 3.63) is 54.6 Å². The number of aryl methyl sites for hydroxylation is 1. The highest BCUT2D eigenvalue weighted by atomic mass is 31.2. The molecule has 0 N–H and O–H groups in total. The molecule has 1 aromatic heterocycles. The van der Waals surface area contributed by atoms with E-state index in [1.54, 1.807) is 41.9 Å². The average molecular weight is 271 g/mol. The first-order valence-corrected chi connectivity index (χ1v) is 7.52. The number of hydrogen-bond donors (Lipinski definition) is 0. The van der Waals surface area contributed by atoms with Gasteiger partial charge in [-0.15, -0.1) is 0 Å². The molecule has 0 aliphatic heterocycles. The Morgan fingerprint density at radius 2 is 1.68 bits per heavy atom. The second-order valence-corrected chi connectivity index (χ2v) is 6.37. The molecule has 0 aliphatic carbocycles. The van der Waals surface area contributed by atoms with Crippen molar-refractivity contribution in [2.75, 3.05) is 0 Å². The van der Waals surface area contributed by atoms with Crippen LogP contribution in [0.4, 0.5) is 0 Å². The van der Waals surface area contributed by atoms with Gasteiger partial charge in [0, 0.05) is 12.4 Å². The van der Waals surface area contributed by atoms with Crippen LogP contribution in [0.3, 0.4) is 0 Å². The fourth-order valence-corrected chi connectivity index (χ4v) is 3.67. The topological polar surface area (TPSA) is 58.0 Å². The van der Waals surface area contributed by atoms with Gasteiger partial charge in [0.1, 0.15) is 7.37 Å². The van der Waals surface area contributed by atoms with Crippen molar-refractivity contribution in [3.8, 4) is 0 Å².